The van der Waals surface area contributed by atoms with Crippen molar-refractivity contribution in [1.29, 1.82) is 0 Å². The van der Waals surface area contributed by atoms with E-state index in [9.17, 15) is 13.2 Å². The molecule has 1 unspecified atom stereocenters. The van der Waals surface area contributed by atoms with E-state index in [1.807, 2.05) is 0 Å². The van der Waals surface area contributed by atoms with Crippen molar-refractivity contribution in [3.8, 4) is 0 Å². The average molecular weight is 422 g/mol. The molecule has 0 saturated heterocycles. The van der Waals surface area contributed by atoms with E-state index in [-0.39, 0.29) is 15.8 Å². The molecule has 1 heterocycles. The highest BCUT2D eigenvalue weighted by Gasteiger charge is 2.28. The van der Waals surface area contributed by atoms with Gasteiger partial charge in [0.05, 0.1) is 15.8 Å². The fourth-order valence-electron chi connectivity index (χ4n) is 3.75. The van der Waals surface area contributed by atoms with E-state index < -0.39 is 15.8 Å². The Balaban J connectivity index is 1.90. The summed E-state index contributed by atoms with van der Waals surface area (Å²) in [6, 6.07) is 6.42. The summed E-state index contributed by atoms with van der Waals surface area (Å²) in [4.78, 5) is 21.4. The number of hydrogen-bond donors (Lipinski definition) is 1. The zero-order valence-electron chi connectivity index (χ0n) is 16.0. The van der Waals surface area contributed by atoms with Crippen LogP contribution in [0.15, 0.2) is 35.4 Å². The van der Waals surface area contributed by atoms with E-state index in [0.29, 0.717) is 29.5 Å². The van der Waals surface area contributed by atoms with E-state index in [1.54, 1.807) is 31.3 Å². The van der Waals surface area contributed by atoms with E-state index in [4.69, 9.17) is 11.6 Å². The molecule has 28 heavy (non-hydrogen) atoms. The first kappa shape index (κ1) is 20.7. The molecule has 2 aromatic rings. The van der Waals surface area contributed by atoms with Gasteiger partial charge in [0.15, 0.2) is 9.84 Å². The molecule has 1 aliphatic rings. The molecule has 1 aromatic heterocycles. The van der Waals surface area contributed by atoms with E-state index >= 15 is 0 Å². The molecule has 0 spiro atoms. The lowest BCUT2D eigenvalue weighted by atomic mass is 9.87. The first-order valence-electron chi connectivity index (χ1n) is 9.34. The fourth-order valence-corrected chi connectivity index (χ4v) is 5.09. The second-order valence-electron chi connectivity index (χ2n) is 7.38. The summed E-state index contributed by atoms with van der Waals surface area (Å²) in [6.45, 7) is 1.76. The summed E-state index contributed by atoms with van der Waals surface area (Å²) in [6.07, 6.45) is 7.98. The Morgan fingerprint density at radius 1 is 1.29 bits per heavy atom. The van der Waals surface area contributed by atoms with E-state index in [0.717, 1.165) is 19.1 Å². The molecular weight excluding hydrogens is 398 g/mol. The first-order valence-corrected chi connectivity index (χ1v) is 11.6. The maximum absolute atomic E-state index is 13.1. The van der Waals surface area contributed by atoms with E-state index in [2.05, 4.69) is 15.3 Å². The second kappa shape index (κ2) is 8.57. The van der Waals surface area contributed by atoms with Crippen molar-refractivity contribution in [3.63, 3.8) is 0 Å². The summed E-state index contributed by atoms with van der Waals surface area (Å²) < 4.78 is 23.7. The van der Waals surface area contributed by atoms with Gasteiger partial charge in [-0.1, -0.05) is 43.4 Å². The van der Waals surface area contributed by atoms with Gasteiger partial charge in [-0.25, -0.2) is 18.4 Å². The molecule has 0 bridgehead atoms. The van der Waals surface area contributed by atoms with Crippen molar-refractivity contribution in [2.24, 2.45) is 5.92 Å². The van der Waals surface area contributed by atoms with Crippen molar-refractivity contribution in [1.82, 2.24) is 9.97 Å². The minimum absolute atomic E-state index is 0.0735. The van der Waals surface area contributed by atoms with Gasteiger partial charge in [0.2, 0.25) is 5.91 Å². The first-order chi connectivity index (χ1) is 13.2. The van der Waals surface area contributed by atoms with Crippen molar-refractivity contribution in [3.05, 3.63) is 46.9 Å². The normalized spacial score (nSPS) is 16.1. The molecule has 0 radical (unpaired) electrons. The van der Waals surface area contributed by atoms with Crippen LogP contribution in [0.2, 0.25) is 5.02 Å². The highest BCUT2D eigenvalue weighted by Crippen LogP contribution is 2.36. The van der Waals surface area contributed by atoms with Crippen molar-refractivity contribution >= 4 is 33.2 Å². The second-order valence-corrected chi connectivity index (χ2v) is 9.77. The zero-order chi connectivity index (χ0) is 20.3. The number of hydrogen-bond acceptors (Lipinski definition) is 5. The maximum Gasteiger partial charge on any atom is 0.233 e. The minimum atomic E-state index is -3.42. The number of nitrogens with one attached hydrogen (secondary N) is 1. The van der Waals surface area contributed by atoms with Crippen LogP contribution in [-0.4, -0.2) is 30.5 Å². The topological polar surface area (TPSA) is 89.0 Å². The van der Waals surface area contributed by atoms with Crippen LogP contribution in [0.4, 0.5) is 5.82 Å². The number of anilines is 1. The van der Waals surface area contributed by atoms with Crippen molar-refractivity contribution < 1.29 is 13.2 Å². The number of aromatic nitrogens is 2. The van der Waals surface area contributed by atoms with Gasteiger partial charge < -0.3 is 5.32 Å². The van der Waals surface area contributed by atoms with Gasteiger partial charge in [-0.05, 0) is 43.0 Å². The molecule has 1 N–H and O–H groups in total. The predicted octanol–water partition coefficient (Wildman–Crippen LogP) is 4.14. The SMILES string of the molecule is Cc1nccc(NC(=O)C(CC2CCCC2)c2ccc(S(C)(=O)=O)c(Cl)c2)n1. The predicted molar refractivity (Wildman–Crippen MR) is 109 cm³/mol. The van der Waals surface area contributed by atoms with E-state index in [1.165, 1.54) is 18.9 Å². The summed E-state index contributed by atoms with van der Waals surface area (Å²) >= 11 is 6.23. The summed E-state index contributed by atoms with van der Waals surface area (Å²) in [7, 11) is -3.42. The third-order valence-electron chi connectivity index (χ3n) is 5.15. The van der Waals surface area contributed by atoms with Crippen LogP contribution < -0.4 is 5.32 Å². The Labute approximate surface area is 170 Å². The third kappa shape index (κ3) is 5.08. The molecule has 1 fully saturated rings. The third-order valence-corrected chi connectivity index (χ3v) is 6.73. The molecule has 1 atom stereocenters. The number of sulfone groups is 1. The zero-order valence-corrected chi connectivity index (χ0v) is 17.6. The van der Waals surface area contributed by atoms with Gasteiger partial charge in [0.1, 0.15) is 11.6 Å². The van der Waals surface area contributed by atoms with Crippen LogP contribution >= 0.6 is 11.6 Å². The minimum Gasteiger partial charge on any atom is -0.310 e. The van der Waals surface area contributed by atoms with Crippen LogP contribution in [0, 0.1) is 12.8 Å². The average Bonchev–Trinajstić information content (AvgIpc) is 3.11. The standard InChI is InChI=1S/C20H24ClN3O3S/c1-13-22-10-9-19(23-13)24-20(25)16(11-14-5-3-4-6-14)15-7-8-18(17(21)12-15)28(2,26)27/h7-10,12,14,16H,3-6,11H2,1-2H3,(H,22,23,24,25). The number of nitrogens with zero attached hydrogens (tertiary/aromatic N) is 2. The molecule has 150 valence electrons. The highest BCUT2D eigenvalue weighted by atomic mass is 35.5. The molecule has 1 amide bonds. The summed E-state index contributed by atoms with van der Waals surface area (Å²) in [5.41, 5.74) is 0.715. The Morgan fingerprint density at radius 2 is 2.00 bits per heavy atom. The molecule has 0 aliphatic heterocycles. The van der Waals surface area contributed by atoms with Gasteiger partial charge in [-0.15, -0.1) is 0 Å². The monoisotopic (exact) mass is 421 g/mol. The Hall–Kier alpha value is -1.99. The van der Waals surface area contributed by atoms with Gasteiger partial charge in [0, 0.05) is 12.5 Å². The summed E-state index contributed by atoms with van der Waals surface area (Å²) in [5.74, 6) is 0.896. The molecule has 8 heteroatoms. The lowest BCUT2D eigenvalue weighted by Gasteiger charge is -2.21. The number of rotatable bonds is 6. The number of carbonyl (C=O) groups excluding carboxylic acids is 1. The maximum atomic E-state index is 13.1. The summed E-state index contributed by atoms with van der Waals surface area (Å²) in [5, 5.41) is 3.01. The number of amides is 1. The van der Waals surface area contributed by atoms with Crippen LogP contribution in [0.25, 0.3) is 0 Å². The number of benzene rings is 1. The molecule has 1 saturated carbocycles. The Kier molecular flexibility index (Phi) is 6.35. The molecular formula is C20H24ClN3O3S. The molecule has 1 aliphatic carbocycles. The Morgan fingerprint density at radius 3 is 2.61 bits per heavy atom. The van der Waals surface area contributed by atoms with Gasteiger partial charge >= 0.3 is 0 Å². The quantitative estimate of drug-likeness (QED) is 0.756. The van der Waals surface area contributed by atoms with Crippen molar-refractivity contribution in [2.45, 2.75) is 49.8 Å². The highest BCUT2D eigenvalue weighted by molar-refractivity contribution is 7.90. The largest absolute Gasteiger partial charge is 0.310 e. The van der Waals surface area contributed by atoms with Crippen molar-refractivity contribution in [2.75, 3.05) is 11.6 Å². The Bertz CT molecular complexity index is 972. The lowest BCUT2D eigenvalue weighted by molar-refractivity contribution is -0.118. The fraction of sp³-hybridized carbons (Fsp3) is 0.450. The molecule has 3 rings (SSSR count). The molecule has 1 aromatic carbocycles. The van der Waals surface area contributed by atoms with Gasteiger partial charge in [-0.3, -0.25) is 4.79 Å². The van der Waals surface area contributed by atoms with Gasteiger partial charge in [0.25, 0.3) is 0 Å². The van der Waals surface area contributed by atoms with Crippen LogP contribution in [0.5, 0.6) is 0 Å². The smallest absolute Gasteiger partial charge is 0.233 e. The molecule has 6 nitrogen and oxygen atoms in total. The van der Waals surface area contributed by atoms with Crippen LogP contribution in [-0.2, 0) is 14.6 Å². The van der Waals surface area contributed by atoms with Crippen LogP contribution in [0.3, 0.4) is 0 Å². The number of carbonyl (C=O) groups is 1. The van der Waals surface area contributed by atoms with Gasteiger partial charge in [-0.2, -0.15) is 0 Å². The number of halogens is 1. The lowest BCUT2D eigenvalue weighted by Crippen LogP contribution is -2.24. The number of aryl methyl sites for hydroxylation is 1. The van der Waals surface area contributed by atoms with Crippen LogP contribution in [0.1, 0.15) is 49.4 Å².